The molecule has 0 radical (unpaired) electrons. The van der Waals surface area contributed by atoms with Gasteiger partial charge in [0.05, 0.1) is 10.6 Å². The Hall–Kier alpha value is -1.84. The molecule has 1 amide bonds. The first-order valence-corrected chi connectivity index (χ1v) is 9.45. The quantitative estimate of drug-likeness (QED) is 0.813. The van der Waals surface area contributed by atoms with Crippen molar-refractivity contribution in [2.45, 2.75) is 31.8 Å². The van der Waals surface area contributed by atoms with Crippen LogP contribution < -0.4 is 0 Å². The van der Waals surface area contributed by atoms with E-state index >= 15 is 0 Å². The summed E-state index contributed by atoms with van der Waals surface area (Å²) in [7, 11) is 0. The molecule has 1 saturated heterocycles. The Morgan fingerprint density at radius 3 is 2.60 bits per heavy atom. The van der Waals surface area contributed by atoms with Gasteiger partial charge >= 0.3 is 0 Å². The number of halogens is 1. The lowest BCUT2D eigenvalue weighted by Crippen LogP contribution is -2.51. The van der Waals surface area contributed by atoms with Crippen molar-refractivity contribution in [1.29, 1.82) is 0 Å². The smallest absolute Gasteiger partial charge is 0.255 e. The minimum atomic E-state index is 0.0627. The normalized spacial score (nSPS) is 21.0. The van der Waals surface area contributed by atoms with Crippen molar-refractivity contribution in [1.82, 2.24) is 9.80 Å². The van der Waals surface area contributed by atoms with E-state index in [9.17, 15) is 4.79 Å². The van der Waals surface area contributed by atoms with Gasteiger partial charge in [-0.25, -0.2) is 0 Å². The maximum atomic E-state index is 12.9. The van der Waals surface area contributed by atoms with E-state index in [0.717, 1.165) is 45.4 Å². The summed E-state index contributed by atoms with van der Waals surface area (Å²) in [6.45, 7) is 3.70. The Balaban J connectivity index is 1.47. The largest absolute Gasteiger partial charge is 0.337 e. The second-order valence-corrected chi connectivity index (χ2v) is 7.42. The molecule has 2 heterocycles. The van der Waals surface area contributed by atoms with Gasteiger partial charge in [-0.3, -0.25) is 9.69 Å². The minimum absolute atomic E-state index is 0.0627. The molecule has 0 aliphatic carbocycles. The number of nitrogens with zero attached hydrogens (tertiary/aromatic N) is 2. The molecule has 1 fully saturated rings. The van der Waals surface area contributed by atoms with Gasteiger partial charge in [-0.1, -0.05) is 48.0 Å². The van der Waals surface area contributed by atoms with Crippen LogP contribution in [-0.4, -0.2) is 41.4 Å². The number of fused-ring (bicyclic) bond motifs is 1. The summed E-state index contributed by atoms with van der Waals surface area (Å²) in [5.74, 6) is 0.0627. The van der Waals surface area contributed by atoms with Crippen LogP contribution in [0.2, 0.25) is 5.02 Å². The van der Waals surface area contributed by atoms with Crippen molar-refractivity contribution < 1.29 is 4.79 Å². The highest BCUT2D eigenvalue weighted by atomic mass is 35.5. The van der Waals surface area contributed by atoms with Crippen LogP contribution in [0.4, 0.5) is 0 Å². The van der Waals surface area contributed by atoms with E-state index in [1.54, 1.807) is 6.07 Å². The minimum Gasteiger partial charge on any atom is -0.337 e. The van der Waals surface area contributed by atoms with Gasteiger partial charge in [0.1, 0.15) is 0 Å². The lowest BCUT2D eigenvalue weighted by Gasteiger charge is -2.41. The molecule has 2 aromatic rings. The van der Waals surface area contributed by atoms with E-state index < -0.39 is 0 Å². The van der Waals surface area contributed by atoms with Gasteiger partial charge in [0, 0.05) is 32.2 Å². The second-order valence-electron chi connectivity index (χ2n) is 7.02. The van der Waals surface area contributed by atoms with Crippen LogP contribution in [0.5, 0.6) is 0 Å². The van der Waals surface area contributed by atoms with Crippen LogP contribution in [0.3, 0.4) is 0 Å². The summed E-state index contributed by atoms with van der Waals surface area (Å²) >= 11 is 6.22. The fourth-order valence-electron chi connectivity index (χ4n) is 4.07. The number of carbonyl (C=O) groups excluding carboxylic acids is 1. The molecule has 0 aromatic heterocycles. The Morgan fingerprint density at radius 2 is 1.76 bits per heavy atom. The van der Waals surface area contributed by atoms with E-state index in [4.69, 9.17) is 11.6 Å². The number of hydrogen-bond acceptors (Lipinski definition) is 2. The van der Waals surface area contributed by atoms with Gasteiger partial charge in [-0.15, -0.1) is 0 Å². The molecular formula is C21H23ClN2O. The van der Waals surface area contributed by atoms with Crippen molar-refractivity contribution in [2.24, 2.45) is 0 Å². The van der Waals surface area contributed by atoms with Crippen LogP contribution in [0.25, 0.3) is 0 Å². The highest BCUT2D eigenvalue weighted by Gasteiger charge is 2.30. The second kappa shape index (κ2) is 7.19. The number of hydrogen-bond donors (Lipinski definition) is 0. The average molecular weight is 355 g/mol. The number of carbonyl (C=O) groups is 1. The molecule has 0 unspecified atom stereocenters. The molecule has 1 atom stereocenters. The molecule has 3 nitrogen and oxygen atoms in total. The molecule has 2 aromatic carbocycles. The van der Waals surface area contributed by atoms with E-state index in [1.165, 1.54) is 11.1 Å². The zero-order valence-corrected chi connectivity index (χ0v) is 15.1. The molecule has 0 spiro atoms. The van der Waals surface area contributed by atoms with Crippen LogP contribution in [0.15, 0.2) is 48.5 Å². The predicted molar refractivity (Wildman–Crippen MR) is 101 cm³/mol. The molecule has 4 heteroatoms. The molecule has 4 rings (SSSR count). The molecule has 130 valence electrons. The van der Waals surface area contributed by atoms with Crippen molar-refractivity contribution in [3.63, 3.8) is 0 Å². The summed E-state index contributed by atoms with van der Waals surface area (Å²) in [4.78, 5) is 17.4. The third-order valence-electron chi connectivity index (χ3n) is 5.46. The highest BCUT2D eigenvalue weighted by Crippen LogP contribution is 2.26. The molecule has 0 N–H and O–H groups in total. The Morgan fingerprint density at radius 1 is 1.00 bits per heavy atom. The fourth-order valence-corrected chi connectivity index (χ4v) is 4.29. The number of amides is 1. The molecular weight excluding hydrogens is 332 g/mol. The average Bonchev–Trinajstić information content (AvgIpc) is 2.67. The van der Waals surface area contributed by atoms with Crippen LogP contribution in [-0.2, 0) is 13.0 Å². The summed E-state index contributed by atoms with van der Waals surface area (Å²) in [6, 6.07) is 16.5. The van der Waals surface area contributed by atoms with Gasteiger partial charge in [0.25, 0.3) is 5.91 Å². The van der Waals surface area contributed by atoms with Gasteiger partial charge in [0.15, 0.2) is 0 Å². The highest BCUT2D eigenvalue weighted by molar-refractivity contribution is 6.33. The lowest BCUT2D eigenvalue weighted by atomic mass is 9.95. The van der Waals surface area contributed by atoms with E-state index in [-0.39, 0.29) is 5.91 Å². The topological polar surface area (TPSA) is 23.6 Å². The number of likely N-dealkylation sites (tertiary alicyclic amines) is 1. The SMILES string of the molecule is O=C(c1ccccc1Cl)N1CCC[C@@H](N2CCc3ccccc3C2)C1. The lowest BCUT2D eigenvalue weighted by molar-refractivity contribution is 0.0549. The first-order chi connectivity index (χ1) is 12.2. The standard InChI is InChI=1S/C21H23ClN2O/c22-20-10-4-3-9-19(20)21(25)24-12-5-8-18(15-24)23-13-11-16-6-1-2-7-17(16)14-23/h1-4,6-7,9-10,18H,5,8,11-15H2/t18-/m1/s1. The van der Waals surface area contributed by atoms with Crippen molar-refractivity contribution in [2.75, 3.05) is 19.6 Å². The zero-order valence-electron chi connectivity index (χ0n) is 14.3. The van der Waals surface area contributed by atoms with Crippen molar-refractivity contribution >= 4 is 17.5 Å². The number of rotatable bonds is 2. The first kappa shape index (κ1) is 16.6. The van der Waals surface area contributed by atoms with Crippen LogP contribution in [0, 0.1) is 0 Å². The van der Waals surface area contributed by atoms with E-state index in [1.807, 2.05) is 23.1 Å². The third-order valence-corrected chi connectivity index (χ3v) is 5.79. The predicted octanol–water partition coefficient (Wildman–Crippen LogP) is 4.00. The van der Waals surface area contributed by atoms with Gasteiger partial charge in [0.2, 0.25) is 0 Å². The maximum Gasteiger partial charge on any atom is 0.255 e. The number of piperidine rings is 1. The van der Waals surface area contributed by atoms with Crippen molar-refractivity contribution in [3.8, 4) is 0 Å². The van der Waals surface area contributed by atoms with Gasteiger partial charge in [-0.05, 0) is 42.5 Å². The summed E-state index contributed by atoms with van der Waals surface area (Å²) < 4.78 is 0. The summed E-state index contributed by atoms with van der Waals surface area (Å²) in [5.41, 5.74) is 3.52. The van der Waals surface area contributed by atoms with Crippen LogP contribution in [0.1, 0.15) is 34.3 Å². The zero-order chi connectivity index (χ0) is 17.2. The Labute approximate surface area is 154 Å². The van der Waals surface area contributed by atoms with Gasteiger partial charge in [-0.2, -0.15) is 0 Å². The van der Waals surface area contributed by atoms with E-state index in [2.05, 4.69) is 29.2 Å². The molecule has 0 bridgehead atoms. The van der Waals surface area contributed by atoms with Crippen molar-refractivity contribution in [3.05, 3.63) is 70.2 Å². The first-order valence-electron chi connectivity index (χ1n) is 9.07. The molecule has 0 saturated carbocycles. The molecule has 2 aliphatic rings. The van der Waals surface area contributed by atoms with Gasteiger partial charge < -0.3 is 4.90 Å². The molecule has 25 heavy (non-hydrogen) atoms. The Bertz CT molecular complexity index is 776. The third kappa shape index (κ3) is 3.44. The number of benzene rings is 2. The summed E-state index contributed by atoms with van der Waals surface area (Å²) in [6.07, 6.45) is 3.32. The van der Waals surface area contributed by atoms with Crippen LogP contribution >= 0.6 is 11.6 Å². The maximum absolute atomic E-state index is 12.9. The monoisotopic (exact) mass is 354 g/mol. The Kier molecular flexibility index (Phi) is 4.78. The summed E-state index contributed by atoms with van der Waals surface area (Å²) in [5, 5.41) is 0.543. The van der Waals surface area contributed by atoms with E-state index in [0.29, 0.717) is 16.6 Å². The molecule has 2 aliphatic heterocycles. The fraction of sp³-hybridized carbons (Fsp3) is 0.381.